The molecule has 0 aliphatic heterocycles. The Morgan fingerprint density at radius 3 is 1.19 bits per heavy atom. The highest BCUT2D eigenvalue weighted by Gasteiger charge is 2.21. The van der Waals surface area contributed by atoms with Gasteiger partial charge in [-0.05, 0) is 57.6 Å². The van der Waals surface area contributed by atoms with Gasteiger partial charge in [-0.15, -0.1) is 0 Å². The van der Waals surface area contributed by atoms with Gasteiger partial charge >= 0.3 is 11.9 Å². The van der Waals surface area contributed by atoms with Crippen LogP contribution in [0.25, 0.3) is 22.3 Å². The molecule has 2 N–H and O–H groups in total. The van der Waals surface area contributed by atoms with Crippen molar-refractivity contribution in [3.63, 3.8) is 0 Å². The number of carboxylic acid groups (broad SMARTS) is 2. The highest BCUT2D eigenvalue weighted by Crippen LogP contribution is 2.26. The molecule has 5 aromatic carbocycles. The SMILES string of the molecule is O=C(O)[C@H](Cc1ccc(-c2ccc(O[C@@H](Cc3ccccc3)C(=O)O)cc2)cc1)Oc1ccc(-c2ccccc2)cc1. The first-order chi connectivity index (χ1) is 20.4. The van der Waals surface area contributed by atoms with Crippen LogP contribution in [0.1, 0.15) is 11.1 Å². The lowest BCUT2D eigenvalue weighted by atomic mass is 10.0. The largest absolute Gasteiger partial charge is 0.478 e. The molecule has 0 bridgehead atoms. The zero-order valence-electron chi connectivity index (χ0n) is 22.8. The smallest absolute Gasteiger partial charge is 0.345 e. The maximum atomic E-state index is 12.0. The normalized spacial score (nSPS) is 12.2. The van der Waals surface area contributed by atoms with Gasteiger partial charge in [-0.3, -0.25) is 0 Å². The number of carbonyl (C=O) groups is 2. The number of hydrogen-bond acceptors (Lipinski definition) is 4. The van der Waals surface area contributed by atoms with E-state index in [1.165, 1.54) is 0 Å². The molecule has 6 heteroatoms. The number of ether oxygens (including phenoxy) is 2. The molecule has 0 amide bonds. The van der Waals surface area contributed by atoms with Crippen LogP contribution in [0.4, 0.5) is 0 Å². The van der Waals surface area contributed by atoms with Crippen molar-refractivity contribution in [2.45, 2.75) is 25.0 Å². The monoisotopic (exact) mass is 558 g/mol. The maximum absolute atomic E-state index is 12.0. The summed E-state index contributed by atoms with van der Waals surface area (Å²) in [5, 5.41) is 19.4. The number of carboxylic acids is 2. The van der Waals surface area contributed by atoms with Crippen LogP contribution in [0.5, 0.6) is 11.5 Å². The first-order valence-electron chi connectivity index (χ1n) is 13.6. The summed E-state index contributed by atoms with van der Waals surface area (Å²) >= 11 is 0. The lowest BCUT2D eigenvalue weighted by Crippen LogP contribution is -2.29. The summed E-state index contributed by atoms with van der Waals surface area (Å²) in [5.74, 6) is -1.09. The van der Waals surface area contributed by atoms with E-state index in [1.54, 1.807) is 24.3 Å². The van der Waals surface area contributed by atoms with Gasteiger partial charge in [0.15, 0.2) is 12.2 Å². The average molecular weight is 559 g/mol. The van der Waals surface area contributed by atoms with E-state index in [9.17, 15) is 19.8 Å². The molecule has 0 aliphatic rings. The van der Waals surface area contributed by atoms with Gasteiger partial charge in [0.25, 0.3) is 0 Å². The third kappa shape index (κ3) is 7.43. The zero-order valence-corrected chi connectivity index (χ0v) is 22.8. The lowest BCUT2D eigenvalue weighted by molar-refractivity contribution is -0.145. The molecule has 6 nitrogen and oxygen atoms in total. The topological polar surface area (TPSA) is 93.1 Å². The standard InChI is InChI=1S/C36H30O6/c37-35(38)33(23-25-7-3-1-4-8-25)41-32-21-17-30(18-22-32)28-13-11-26(12-14-28)24-34(36(39)40)42-31-19-15-29(16-20-31)27-9-5-2-6-10-27/h1-22,33-34H,23-24H2,(H,37,38)(H,39,40)/t33-,34-/m0/s1. The van der Waals surface area contributed by atoms with Crippen LogP contribution in [0.15, 0.2) is 133 Å². The third-order valence-corrected chi connectivity index (χ3v) is 6.90. The second kappa shape index (κ2) is 13.3. The predicted octanol–water partition coefficient (Wildman–Crippen LogP) is 7.17. The van der Waals surface area contributed by atoms with E-state index in [0.717, 1.165) is 33.4 Å². The minimum absolute atomic E-state index is 0.209. The summed E-state index contributed by atoms with van der Waals surface area (Å²) in [6.45, 7) is 0. The quantitative estimate of drug-likeness (QED) is 0.169. The van der Waals surface area contributed by atoms with Crippen molar-refractivity contribution in [1.82, 2.24) is 0 Å². The molecule has 0 saturated heterocycles. The molecule has 0 aliphatic carbocycles. The summed E-state index contributed by atoms with van der Waals surface area (Å²) in [4.78, 5) is 23.7. The van der Waals surface area contributed by atoms with E-state index in [2.05, 4.69) is 0 Å². The average Bonchev–Trinajstić information content (AvgIpc) is 3.02. The van der Waals surface area contributed by atoms with E-state index in [1.807, 2.05) is 109 Å². The molecule has 0 spiro atoms. The maximum Gasteiger partial charge on any atom is 0.345 e. The lowest BCUT2D eigenvalue weighted by Gasteiger charge is -2.16. The predicted molar refractivity (Wildman–Crippen MR) is 162 cm³/mol. The van der Waals surface area contributed by atoms with E-state index in [-0.39, 0.29) is 12.8 Å². The molecule has 0 aromatic heterocycles. The molecule has 42 heavy (non-hydrogen) atoms. The Bertz CT molecular complexity index is 1600. The Labute approximate surface area is 244 Å². The van der Waals surface area contributed by atoms with Crippen LogP contribution in [-0.2, 0) is 22.4 Å². The molecule has 5 aromatic rings. The van der Waals surface area contributed by atoms with E-state index in [0.29, 0.717) is 11.5 Å². The molecule has 210 valence electrons. The molecular weight excluding hydrogens is 528 g/mol. The summed E-state index contributed by atoms with van der Waals surface area (Å²) in [7, 11) is 0. The van der Waals surface area contributed by atoms with Crippen molar-refractivity contribution in [3.8, 4) is 33.8 Å². The van der Waals surface area contributed by atoms with E-state index < -0.39 is 24.1 Å². The number of aliphatic carboxylic acids is 2. The Kier molecular flexibility index (Phi) is 8.94. The first-order valence-corrected chi connectivity index (χ1v) is 13.6. The van der Waals surface area contributed by atoms with Crippen molar-refractivity contribution >= 4 is 11.9 Å². The second-order valence-corrected chi connectivity index (χ2v) is 9.90. The van der Waals surface area contributed by atoms with Crippen LogP contribution in [-0.4, -0.2) is 34.4 Å². The fraction of sp³-hybridized carbons (Fsp3) is 0.111. The fourth-order valence-corrected chi connectivity index (χ4v) is 4.65. The molecule has 0 fully saturated rings. The highest BCUT2D eigenvalue weighted by molar-refractivity contribution is 5.74. The van der Waals surface area contributed by atoms with Crippen molar-refractivity contribution < 1.29 is 29.3 Å². The van der Waals surface area contributed by atoms with E-state index in [4.69, 9.17) is 9.47 Å². The van der Waals surface area contributed by atoms with Crippen LogP contribution in [0.2, 0.25) is 0 Å². The van der Waals surface area contributed by atoms with Gasteiger partial charge in [-0.25, -0.2) is 9.59 Å². The van der Waals surface area contributed by atoms with Crippen LogP contribution in [0, 0.1) is 0 Å². The third-order valence-electron chi connectivity index (χ3n) is 6.90. The van der Waals surface area contributed by atoms with Gasteiger partial charge in [0.1, 0.15) is 11.5 Å². The van der Waals surface area contributed by atoms with Gasteiger partial charge in [0, 0.05) is 12.8 Å². The summed E-state index contributed by atoms with van der Waals surface area (Å²) in [6.07, 6.45) is -1.56. The second-order valence-electron chi connectivity index (χ2n) is 9.90. The molecule has 0 unspecified atom stereocenters. The van der Waals surface area contributed by atoms with Crippen LogP contribution >= 0.6 is 0 Å². The van der Waals surface area contributed by atoms with Crippen LogP contribution < -0.4 is 9.47 Å². The van der Waals surface area contributed by atoms with Gasteiger partial charge in [-0.1, -0.05) is 109 Å². The Morgan fingerprint density at radius 2 is 0.786 bits per heavy atom. The van der Waals surface area contributed by atoms with Crippen molar-refractivity contribution in [2.75, 3.05) is 0 Å². The van der Waals surface area contributed by atoms with Gasteiger partial charge in [-0.2, -0.15) is 0 Å². The summed E-state index contributed by atoms with van der Waals surface area (Å²) < 4.78 is 11.6. The molecule has 0 heterocycles. The molecule has 0 saturated carbocycles. The minimum atomic E-state index is -1.03. The van der Waals surface area contributed by atoms with Gasteiger partial charge < -0.3 is 19.7 Å². The summed E-state index contributed by atoms with van der Waals surface area (Å²) in [5.41, 5.74) is 5.69. The first kappa shape index (κ1) is 28.2. The zero-order chi connectivity index (χ0) is 29.3. The van der Waals surface area contributed by atoms with Crippen molar-refractivity contribution in [3.05, 3.63) is 145 Å². The molecule has 5 rings (SSSR count). The summed E-state index contributed by atoms with van der Waals surface area (Å²) in [6, 6.07) is 41.6. The number of hydrogen-bond donors (Lipinski definition) is 2. The minimum Gasteiger partial charge on any atom is -0.478 e. The molecule has 2 atom stereocenters. The Hall–Kier alpha value is -5.36. The van der Waals surface area contributed by atoms with Crippen molar-refractivity contribution in [2.24, 2.45) is 0 Å². The van der Waals surface area contributed by atoms with Crippen molar-refractivity contribution in [1.29, 1.82) is 0 Å². The highest BCUT2D eigenvalue weighted by atomic mass is 16.5. The molecular formula is C36H30O6. The number of benzene rings is 5. The van der Waals surface area contributed by atoms with Crippen LogP contribution in [0.3, 0.4) is 0 Å². The Balaban J connectivity index is 1.20. The Morgan fingerprint density at radius 1 is 0.452 bits per heavy atom. The molecule has 0 radical (unpaired) electrons. The van der Waals surface area contributed by atoms with Gasteiger partial charge in [0.2, 0.25) is 0 Å². The van der Waals surface area contributed by atoms with E-state index >= 15 is 0 Å². The van der Waals surface area contributed by atoms with Gasteiger partial charge in [0.05, 0.1) is 0 Å². The number of rotatable bonds is 12. The fourth-order valence-electron chi connectivity index (χ4n) is 4.65.